The zero-order valence-electron chi connectivity index (χ0n) is 10.3. The van der Waals surface area contributed by atoms with E-state index < -0.39 is 0 Å². The van der Waals surface area contributed by atoms with E-state index in [1.165, 1.54) is 0 Å². The summed E-state index contributed by atoms with van der Waals surface area (Å²) in [6, 6.07) is 0.0000359. The van der Waals surface area contributed by atoms with Gasteiger partial charge in [0.15, 0.2) is 0 Å². The van der Waals surface area contributed by atoms with E-state index in [4.69, 9.17) is 10.5 Å². The molecule has 0 aliphatic rings. The van der Waals surface area contributed by atoms with E-state index in [0.717, 1.165) is 12.8 Å². The highest BCUT2D eigenvalue weighted by Crippen LogP contribution is 2.19. The van der Waals surface area contributed by atoms with Gasteiger partial charge in [-0.15, -0.1) is 0 Å². The molecule has 0 spiro atoms. The first-order chi connectivity index (χ1) is 6.94. The van der Waals surface area contributed by atoms with E-state index in [0.29, 0.717) is 13.2 Å². The number of rotatable bonds is 7. The van der Waals surface area contributed by atoms with Gasteiger partial charge in [-0.2, -0.15) is 0 Å². The number of nitrogens with one attached hydrogen (secondary N) is 1. The molecule has 1 amide bonds. The Morgan fingerprint density at radius 3 is 2.60 bits per heavy atom. The van der Waals surface area contributed by atoms with Crippen molar-refractivity contribution in [2.45, 2.75) is 39.7 Å². The lowest BCUT2D eigenvalue weighted by Crippen LogP contribution is -2.39. The summed E-state index contributed by atoms with van der Waals surface area (Å²) < 4.78 is 4.91. The van der Waals surface area contributed by atoms with Crippen LogP contribution < -0.4 is 11.1 Å². The van der Waals surface area contributed by atoms with Gasteiger partial charge < -0.3 is 15.8 Å². The van der Waals surface area contributed by atoms with Crippen LogP contribution in [0.25, 0.3) is 0 Å². The maximum atomic E-state index is 11.7. The molecule has 0 aromatic carbocycles. The van der Waals surface area contributed by atoms with Crippen molar-refractivity contribution in [1.29, 1.82) is 0 Å². The van der Waals surface area contributed by atoms with Gasteiger partial charge in [0.2, 0.25) is 5.91 Å². The maximum absolute atomic E-state index is 11.7. The molecule has 90 valence electrons. The lowest BCUT2D eigenvalue weighted by Gasteiger charge is -2.22. The number of carbonyl (C=O) groups is 1. The highest BCUT2D eigenvalue weighted by atomic mass is 16.5. The minimum atomic E-state index is -0.286. The number of carbonyl (C=O) groups excluding carboxylic acids is 1. The minimum absolute atomic E-state index is 0.0000359. The third kappa shape index (κ3) is 5.74. The second-order valence-corrected chi connectivity index (χ2v) is 4.50. The lowest BCUT2D eigenvalue weighted by molar-refractivity contribution is -0.129. The molecule has 1 atom stereocenters. The summed E-state index contributed by atoms with van der Waals surface area (Å²) in [5.41, 5.74) is 5.45. The normalized spacial score (nSPS) is 13.7. The molecule has 0 radical (unpaired) electrons. The quantitative estimate of drug-likeness (QED) is 0.664. The first-order valence-corrected chi connectivity index (χ1v) is 5.47. The first-order valence-electron chi connectivity index (χ1n) is 5.47. The van der Waals surface area contributed by atoms with E-state index in [1.807, 2.05) is 20.8 Å². The van der Waals surface area contributed by atoms with Crippen molar-refractivity contribution in [3.05, 3.63) is 0 Å². The predicted octanol–water partition coefficient (Wildman–Crippen LogP) is 0.903. The molecule has 0 saturated carbocycles. The van der Waals surface area contributed by atoms with E-state index in [9.17, 15) is 4.79 Å². The Morgan fingerprint density at radius 1 is 1.53 bits per heavy atom. The molecule has 0 bridgehead atoms. The number of hydrogen-bond donors (Lipinski definition) is 2. The smallest absolute Gasteiger partial charge is 0.225 e. The van der Waals surface area contributed by atoms with E-state index in [2.05, 4.69) is 5.32 Å². The third-order valence-electron chi connectivity index (χ3n) is 2.68. The summed E-state index contributed by atoms with van der Waals surface area (Å²) in [5, 5.41) is 2.89. The van der Waals surface area contributed by atoms with Gasteiger partial charge in [0.1, 0.15) is 0 Å². The Balaban J connectivity index is 3.73. The Labute approximate surface area is 92.6 Å². The topological polar surface area (TPSA) is 64.4 Å². The largest absolute Gasteiger partial charge is 0.383 e. The summed E-state index contributed by atoms with van der Waals surface area (Å²) in [4.78, 5) is 11.7. The van der Waals surface area contributed by atoms with Crippen LogP contribution in [0, 0.1) is 5.41 Å². The summed E-state index contributed by atoms with van der Waals surface area (Å²) in [6.45, 7) is 7.05. The van der Waals surface area contributed by atoms with Crippen molar-refractivity contribution in [3.63, 3.8) is 0 Å². The monoisotopic (exact) mass is 216 g/mol. The van der Waals surface area contributed by atoms with Crippen LogP contribution in [0.15, 0.2) is 0 Å². The average molecular weight is 216 g/mol. The van der Waals surface area contributed by atoms with Gasteiger partial charge >= 0.3 is 0 Å². The summed E-state index contributed by atoms with van der Waals surface area (Å²) in [5.74, 6) is 0.0922. The molecule has 4 heteroatoms. The molecule has 0 fully saturated rings. The molecule has 4 nitrogen and oxygen atoms in total. The van der Waals surface area contributed by atoms with Crippen LogP contribution in [0.1, 0.15) is 33.6 Å². The Bertz CT molecular complexity index is 193. The van der Waals surface area contributed by atoms with Crippen LogP contribution in [0.5, 0.6) is 0 Å². The van der Waals surface area contributed by atoms with Crippen molar-refractivity contribution >= 4 is 5.91 Å². The highest BCUT2D eigenvalue weighted by Gasteiger charge is 2.24. The third-order valence-corrected chi connectivity index (χ3v) is 2.68. The molecule has 15 heavy (non-hydrogen) atoms. The number of methoxy groups -OCH3 is 1. The van der Waals surface area contributed by atoms with Crippen molar-refractivity contribution in [2.24, 2.45) is 11.1 Å². The van der Waals surface area contributed by atoms with Gasteiger partial charge in [-0.1, -0.05) is 20.8 Å². The summed E-state index contributed by atoms with van der Waals surface area (Å²) in [6.07, 6.45) is 1.59. The summed E-state index contributed by atoms with van der Waals surface area (Å²) >= 11 is 0. The van der Waals surface area contributed by atoms with Gasteiger partial charge in [-0.05, 0) is 12.8 Å². The minimum Gasteiger partial charge on any atom is -0.383 e. The fourth-order valence-corrected chi connectivity index (χ4v) is 1.07. The van der Waals surface area contributed by atoms with Gasteiger partial charge in [-0.3, -0.25) is 4.79 Å². The molecule has 0 rings (SSSR count). The van der Waals surface area contributed by atoms with Crippen LogP contribution in [0.4, 0.5) is 0 Å². The molecule has 0 heterocycles. The molecule has 0 saturated heterocycles. The molecule has 0 aliphatic heterocycles. The van der Waals surface area contributed by atoms with Crippen LogP contribution in [-0.4, -0.2) is 32.2 Å². The lowest BCUT2D eigenvalue weighted by atomic mass is 9.89. The van der Waals surface area contributed by atoms with Gasteiger partial charge in [0.05, 0.1) is 6.61 Å². The fraction of sp³-hybridized carbons (Fsp3) is 0.909. The predicted molar refractivity (Wildman–Crippen MR) is 61.6 cm³/mol. The number of amides is 1. The number of nitrogens with two attached hydrogens (primary N) is 1. The maximum Gasteiger partial charge on any atom is 0.225 e. The molecule has 1 unspecified atom stereocenters. The van der Waals surface area contributed by atoms with Gasteiger partial charge in [0, 0.05) is 25.1 Å². The van der Waals surface area contributed by atoms with Crippen molar-refractivity contribution in [2.75, 3.05) is 20.3 Å². The zero-order chi connectivity index (χ0) is 11.9. The Hall–Kier alpha value is -0.610. The highest BCUT2D eigenvalue weighted by molar-refractivity contribution is 5.81. The molecule has 0 aromatic heterocycles. The average Bonchev–Trinajstić information content (AvgIpc) is 2.18. The van der Waals surface area contributed by atoms with E-state index in [1.54, 1.807) is 7.11 Å². The second-order valence-electron chi connectivity index (χ2n) is 4.50. The van der Waals surface area contributed by atoms with E-state index >= 15 is 0 Å². The van der Waals surface area contributed by atoms with Crippen molar-refractivity contribution in [3.8, 4) is 0 Å². The molecular weight excluding hydrogens is 192 g/mol. The molecular formula is C11H24N2O2. The van der Waals surface area contributed by atoms with Crippen molar-refractivity contribution < 1.29 is 9.53 Å². The first kappa shape index (κ1) is 14.4. The Kier molecular flexibility index (Phi) is 6.52. The summed E-state index contributed by atoms with van der Waals surface area (Å²) in [7, 11) is 1.62. The van der Waals surface area contributed by atoms with Crippen LogP contribution >= 0.6 is 0 Å². The van der Waals surface area contributed by atoms with Gasteiger partial charge in [-0.25, -0.2) is 0 Å². The van der Waals surface area contributed by atoms with E-state index in [-0.39, 0.29) is 17.4 Å². The molecule has 0 aliphatic carbocycles. The molecule has 0 aromatic rings. The number of hydrogen-bond acceptors (Lipinski definition) is 3. The standard InChI is InChI=1S/C11H24N2O2/c1-5-11(2,3)10(14)13-7-6-9(12)8-15-4/h9H,5-8,12H2,1-4H3,(H,13,14). The van der Waals surface area contributed by atoms with Crippen LogP contribution in [-0.2, 0) is 9.53 Å². The zero-order valence-corrected chi connectivity index (χ0v) is 10.3. The number of ether oxygens (including phenoxy) is 1. The van der Waals surface area contributed by atoms with Crippen LogP contribution in [0.3, 0.4) is 0 Å². The molecule has 3 N–H and O–H groups in total. The van der Waals surface area contributed by atoms with Crippen LogP contribution in [0.2, 0.25) is 0 Å². The van der Waals surface area contributed by atoms with Crippen molar-refractivity contribution in [1.82, 2.24) is 5.32 Å². The second kappa shape index (κ2) is 6.80. The Morgan fingerprint density at radius 2 is 2.13 bits per heavy atom. The fourth-order valence-electron chi connectivity index (χ4n) is 1.07. The SMILES string of the molecule is CCC(C)(C)C(=O)NCCC(N)COC. The van der Waals surface area contributed by atoms with Gasteiger partial charge in [0.25, 0.3) is 0 Å².